The van der Waals surface area contributed by atoms with E-state index < -0.39 is 17.7 Å². The first-order valence-electron chi connectivity index (χ1n) is 9.53. The van der Waals surface area contributed by atoms with Gasteiger partial charge < -0.3 is 19.5 Å². The van der Waals surface area contributed by atoms with Gasteiger partial charge in [-0.15, -0.1) is 0 Å². The number of carbonyl (C=O) groups excluding carboxylic acids is 2. The summed E-state index contributed by atoms with van der Waals surface area (Å²) >= 11 is 0. The minimum atomic E-state index is -0.697. The van der Waals surface area contributed by atoms with E-state index in [0.29, 0.717) is 17.9 Å². The Bertz CT molecular complexity index is 903. The topological polar surface area (TPSA) is 76.1 Å². The van der Waals surface area contributed by atoms with Gasteiger partial charge in [0.2, 0.25) is 0 Å². The lowest BCUT2D eigenvalue weighted by molar-refractivity contribution is -0.140. The fourth-order valence-electron chi connectivity index (χ4n) is 3.38. The van der Waals surface area contributed by atoms with Crippen molar-refractivity contribution in [1.82, 2.24) is 4.90 Å². The van der Waals surface area contributed by atoms with Gasteiger partial charge in [0.15, 0.2) is 0 Å². The molecule has 0 radical (unpaired) electrons. The third-order valence-electron chi connectivity index (χ3n) is 4.80. The van der Waals surface area contributed by atoms with Crippen molar-refractivity contribution in [1.29, 1.82) is 0 Å². The Labute approximate surface area is 170 Å². The van der Waals surface area contributed by atoms with Crippen LogP contribution in [0.25, 0.3) is 5.76 Å². The number of ketones is 1. The van der Waals surface area contributed by atoms with E-state index in [1.54, 1.807) is 31.4 Å². The van der Waals surface area contributed by atoms with Crippen LogP contribution in [0.1, 0.15) is 31.0 Å². The van der Waals surface area contributed by atoms with Crippen molar-refractivity contribution in [2.45, 2.75) is 26.0 Å². The number of hydrogen-bond acceptors (Lipinski definition) is 5. The Morgan fingerprint density at radius 3 is 2.31 bits per heavy atom. The molecule has 2 aromatic rings. The van der Waals surface area contributed by atoms with Gasteiger partial charge in [0.25, 0.3) is 11.7 Å². The minimum absolute atomic E-state index is 0.0151. The predicted molar refractivity (Wildman–Crippen MR) is 110 cm³/mol. The SMILES string of the molecule is COc1ccc(/C(O)=C2/C(=O)C(=O)N(CCOC(C)C)C2c2ccccc2)cc1. The predicted octanol–water partition coefficient (Wildman–Crippen LogP) is 3.54. The van der Waals surface area contributed by atoms with Crippen LogP contribution in [0.4, 0.5) is 0 Å². The zero-order valence-corrected chi connectivity index (χ0v) is 16.8. The highest BCUT2D eigenvalue weighted by Gasteiger charge is 2.45. The summed E-state index contributed by atoms with van der Waals surface area (Å²) in [5, 5.41) is 10.9. The summed E-state index contributed by atoms with van der Waals surface area (Å²) in [7, 11) is 1.55. The van der Waals surface area contributed by atoms with Crippen LogP contribution in [-0.4, -0.2) is 48.1 Å². The number of methoxy groups -OCH3 is 1. The average Bonchev–Trinajstić information content (AvgIpc) is 2.98. The van der Waals surface area contributed by atoms with Gasteiger partial charge in [-0.2, -0.15) is 0 Å². The lowest BCUT2D eigenvalue weighted by Gasteiger charge is -2.25. The van der Waals surface area contributed by atoms with Gasteiger partial charge in [0.1, 0.15) is 11.5 Å². The van der Waals surface area contributed by atoms with Crippen LogP contribution in [-0.2, 0) is 14.3 Å². The molecular formula is C23H25NO5. The third-order valence-corrected chi connectivity index (χ3v) is 4.80. The molecule has 2 aromatic carbocycles. The van der Waals surface area contributed by atoms with Crippen LogP contribution in [0.3, 0.4) is 0 Å². The molecule has 0 aromatic heterocycles. The molecule has 6 nitrogen and oxygen atoms in total. The molecule has 3 rings (SSSR count). The summed E-state index contributed by atoms with van der Waals surface area (Å²) < 4.78 is 10.7. The highest BCUT2D eigenvalue weighted by atomic mass is 16.5. The number of Topliss-reactive ketones (excluding diaryl/α,β-unsaturated/α-hetero) is 1. The molecule has 1 amide bonds. The average molecular weight is 395 g/mol. The Balaban J connectivity index is 2.05. The van der Waals surface area contributed by atoms with Gasteiger partial charge in [-0.1, -0.05) is 30.3 Å². The molecule has 1 aliphatic rings. The van der Waals surface area contributed by atoms with E-state index >= 15 is 0 Å². The maximum absolute atomic E-state index is 12.9. The van der Waals surface area contributed by atoms with Crippen molar-refractivity contribution in [3.63, 3.8) is 0 Å². The minimum Gasteiger partial charge on any atom is -0.507 e. The summed E-state index contributed by atoms with van der Waals surface area (Å²) in [5.74, 6) is -0.905. The molecule has 1 heterocycles. The molecule has 1 N–H and O–H groups in total. The first-order valence-corrected chi connectivity index (χ1v) is 9.53. The number of amides is 1. The molecule has 1 saturated heterocycles. The normalized spacial score (nSPS) is 18.5. The number of ether oxygens (including phenoxy) is 2. The Morgan fingerprint density at radius 1 is 1.07 bits per heavy atom. The van der Waals surface area contributed by atoms with Gasteiger partial charge in [-0.25, -0.2) is 0 Å². The third kappa shape index (κ3) is 4.32. The van der Waals surface area contributed by atoms with Crippen molar-refractivity contribution in [3.05, 3.63) is 71.3 Å². The van der Waals surface area contributed by atoms with Gasteiger partial charge in [-0.3, -0.25) is 9.59 Å². The van der Waals surface area contributed by atoms with Crippen LogP contribution in [0.2, 0.25) is 0 Å². The number of hydrogen-bond donors (Lipinski definition) is 1. The van der Waals surface area contributed by atoms with Crippen LogP contribution in [0.15, 0.2) is 60.2 Å². The molecule has 0 saturated carbocycles. The number of rotatable bonds is 7. The Kier molecular flexibility index (Phi) is 6.34. The molecule has 0 spiro atoms. The van der Waals surface area contributed by atoms with Crippen LogP contribution < -0.4 is 4.74 Å². The molecule has 29 heavy (non-hydrogen) atoms. The van der Waals surface area contributed by atoms with Crippen molar-refractivity contribution >= 4 is 17.4 Å². The molecule has 0 bridgehead atoms. The summed E-state index contributed by atoms with van der Waals surface area (Å²) in [6.45, 7) is 4.37. The lowest BCUT2D eigenvalue weighted by Crippen LogP contribution is -2.33. The van der Waals surface area contributed by atoms with E-state index in [2.05, 4.69) is 0 Å². The van der Waals surface area contributed by atoms with Crippen molar-refractivity contribution in [2.75, 3.05) is 20.3 Å². The van der Waals surface area contributed by atoms with Crippen molar-refractivity contribution < 1.29 is 24.2 Å². The van der Waals surface area contributed by atoms with E-state index in [0.717, 1.165) is 5.56 Å². The second-order valence-electron chi connectivity index (χ2n) is 7.05. The standard InChI is InChI=1S/C23H25NO5/c1-15(2)29-14-13-24-20(16-7-5-4-6-8-16)19(22(26)23(24)27)21(25)17-9-11-18(28-3)12-10-17/h4-12,15,20,25H,13-14H2,1-3H3/b21-19-. The zero-order chi connectivity index (χ0) is 21.0. The highest BCUT2D eigenvalue weighted by molar-refractivity contribution is 6.46. The maximum Gasteiger partial charge on any atom is 0.295 e. The van der Waals surface area contributed by atoms with Crippen LogP contribution >= 0.6 is 0 Å². The summed E-state index contributed by atoms with van der Waals surface area (Å²) in [5.41, 5.74) is 1.28. The second kappa shape index (κ2) is 8.92. The lowest BCUT2D eigenvalue weighted by atomic mass is 9.95. The summed E-state index contributed by atoms with van der Waals surface area (Å²) in [6.07, 6.45) is 0.0151. The van der Waals surface area contributed by atoms with Gasteiger partial charge in [-0.05, 0) is 43.7 Å². The second-order valence-corrected chi connectivity index (χ2v) is 7.05. The summed E-state index contributed by atoms with van der Waals surface area (Å²) in [6, 6.07) is 15.3. The number of aliphatic hydroxyl groups is 1. The maximum atomic E-state index is 12.9. The number of likely N-dealkylation sites (tertiary alicyclic amines) is 1. The summed E-state index contributed by atoms with van der Waals surface area (Å²) in [4.78, 5) is 27.1. The van der Waals surface area contributed by atoms with Gasteiger partial charge in [0, 0.05) is 12.1 Å². The Hall–Kier alpha value is -3.12. The fraction of sp³-hybridized carbons (Fsp3) is 0.304. The number of carbonyl (C=O) groups is 2. The van der Waals surface area contributed by atoms with Crippen molar-refractivity contribution in [2.24, 2.45) is 0 Å². The number of nitrogens with zero attached hydrogens (tertiary/aromatic N) is 1. The van der Waals surface area contributed by atoms with E-state index in [1.807, 2.05) is 44.2 Å². The van der Waals surface area contributed by atoms with Crippen molar-refractivity contribution in [3.8, 4) is 5.75 Å². The molecule has 1 fully saturated rings. The molecule has 0 aliphatic carbocycles. The van der Waals surface area contributed by atoms with E-state index in [1.165, 1.54) is 4.90 Å². The number of aliphatic hydroxyl groups excluding tert-OH is 1. The van der Waals surface area contributed by atoms with E-state index in [4.69, 9.17) is 9.47 Å². The monoisotopic (exact) mass is 395 g/mol. The molecular weight excluding hydrogens is 370 g/mol. The number of benzene rings is 2. The van der Waals surface area contributed by atoms with E-state index in [9.17, 15) is 14.7 Å². The quantitative estimate of drug-likeness (QED) is 0.441. The Morgan fingerprint density at radius 2 is 1.72 bits per heavy atom. The molecule has 1 atom stereocenters. The molecule has 6 heteroatoms. The van der Waals surface area contributed by atoms with Crippen LogP contribution in [0, 0.1) is 0 Å². The largest absolute Gasteiger partial charge is 0.507 e. The smallest absolute Gasteiger partial charge is 0.295 e. The fourth-order valence-corrected chi connectivity index (χ4v) is 3.38. The van der Waals surface area contributed by atoms with Gasteiger partial charge in [0.05, 0.1) is 31.4 Å². The zero-order valence-electron chi connectivity index (χ0n) is 16.8. The molecule has 152 valence electrons. The highest BCUT2D eigenvalue weighted by Crippen LogP contribution is 2.39. The van der Waals surface area contributed by atoms with Gasteiger partial charge >= 0.3 is 0 Å². The van der Waals surface area contributed by atoms with E-state index in [-0.39, 0.29) is 24.0 Å². The first-order chi connectivity index (χ1) is 13.9. The van der Waals surface area contributed by atoms with Crippen LogP contribution in [0.5, 0.6) is 5.75 Å². The first kappa shape index (κ1) is 20.6. The molecule has 1 aliphatic heterocycles. The molecule has 1 unspecified atom stereocenters.